The molecule has 6 heteroatoms. The molecule has 2 aromatic rings. The zero-order valence-corrected chi connectivity index (χ0v) is 15.9. The van der Waals surface area contributed by atoms with Crippen LogP contribution in [0.5, 0.6) is 5.75 Å². The van der Waals surface area contributed by atoms with Crippen molar-refractivity contribution in [3.63, 3.8) is 0 Å². The van der Waals surface area contributed by atoms with E-state index in [2.05, 4.69) is 16.5 Å². The van der Waals surface area contributed by atoms with Crippen LogP contribution < -0.4 is 10.1 Å². The maximum Gasteiger partial charge on any atom is 0.244 e. The molecular weight excluding hydrogens is 340 g/mol. The normalized spacial score (nSPS) is 19.7. The zero-order valence-electron chi connectivity index (χ0n) is 15.9. The highest BCUT2D eigenvalue weighted by Gasteiger charge is 2.33. The molecule has 0 bridgehead atoms. The van der Waals surface area contributed by atoms with Crippen LogP contribution in [-0.4, -0.2) is 46.8 Å². The molecule has 1 atom stereocenters. The molecule has 2 fully saturated rings. The third-order valence-corrected chi connectivity index (χ3v) is 5.59. The summed E-state index contributed by atoms with van der Waals surface area (Å²) in [5, 5.41) is 7.90. The first kappa shape index (κ1) is 18.0. The first-order valence-electron chi connectivity index (χ1n) is 9.90. The minimum absolute atomic E-state index is 0.136. The first-order chi connectivity index (χ1) is 13.3. The Bertz CT molecular complexity index is 778. The number of carbonyl (C=O) groups is 1. The fourth-order valence-corrected chi connectivity index (χ4v) is 3.97. The van der Waals surface area contributed by atoms with Crippen molar-refractivity contribution < 1.29 is 9.53 Å². The van der Waals surface area contributed by atoms with Gasteiger partial charge in [0.15, 0.2) is 0 Å². The van der Waals surface area contributed by atoms with E-state index in [1.807, 2.05) is 40.0 Å². The highest BCUT2D eigenvalue weighted by atomic mass is 16.5. The molecule has 0 unspecified atom stereocenters. The fraction of sp³-hybridized carbons (Fsp3) is 0.524. The molecule has 2 heterocycles. The number of aromatic nitrogens is 2. The quantitative estimate of drug-likeness (QED) is 0.816. The molecule has 0 radical (unpaired) electrons. The number of benzene rings is 1. The molecule has 144 valence electrons. The van der Waals surface area contributed by atoms with Crippen LogP contribution in [0.1, 0.15) is 42.9 Å². The van der Waals surface area contributed by atoms with E-state index in [1.54, 1.807) is 7.11 Å². The van der Waals surface area contributed by atoms with Crippen LogP contribution in [0, 0.1) is 0 Å². The Morgan fingerprint density at radius 2 is 2.15 bits per heavy atom. The van der Waals surface area contributed by atoms with Crippen molar-refractivity contribution in [2.45, 2.75) is 50.7 Å². The van der Waals surface area contributed by atoms with E-state index in [-0.39, 0.29) is 5.91 Å². The van der Waals surface area contributed by atoms with Gasteiger partial charge in [0.05, 0.1) is 7.11 Å². The minimum atomic E-state index is 0.136. The van der Waals surface area contributed by atoms with Crippen molar-refractivity contribution in [3.8, 4) is 5.75 Å². The third kappa shape index (κ3) is 4.16. The van der Waals surface area contributed by atoms with Crippen molar-refractivity contribution in [1.82, 2.24) is 20.0 Å². The van der Waals surface area contributed by atoms with Crippen LogP contribution in [0.4, 0.5) is 0 Å². The summed E-state index contributed by atoms with van der Waals surface area (Å²) < 4.78 is 7.37. The molecule has 2 aliphatic rings. The van der Waals surface area contributed by atoms with Gasteiger partial charge in [-0.05, 0) is 44.4 Å². The van der Waals surface area contributed by atoms with E-state index in [4.69, 9.17) is 4.74 Å². The summed E-state index contributed by atoms with van der Waals surface area (Å²) in [5.41, 5.74) is 2.22. The number of carbonyl (C=O) groups excluding carboxylic acids is 1. The van der Waals surface area contributed by atoms with E-state index in [0.29, 0.717) is 25.0 Å². The number of para-hydroxylation sites is 1. The Labute approximate surface area is 160 Å². The molecule has 4 rings (SSSR count). The van der Waals surface area contributed by atoms with Gasteiger partial charge in [0.2, 0.25) is 5.91 Å². The summed E-state index contributed by atoms with van der Waals surface area (Å²) in [6, 6.07) is 10.3. The second-order valence-electron chi connectivity index (χ2n) is 7.52. The summed E-state index contributed by atoms with van der Waals surface area (Å²) >= 11 is 0. The van der Waals surface area contributed by atoms with Crippen LogP contribution >= 0.6 is 0 Å². The van der Waals surface area contributed by atoms with E-state index in [9.17, 15) is 4.79 Å². The summed E-state index contributed by atoms with van der Waals surface area (Å²) in [5.74, 6) is 1.42. The Morgan fingerprint density at radius 1 is 1.30 bits per heavy atom. The second kappa shape index (κ2) is 8.13. The Hall–Kier alpha value is -2.34. The minimum Gasteiger partial charge on any atom is -0.496 e. The predicted molar refractivity (Wildman–Crippen MR) is 104 cm³/mol. The van der Waals surface area contributed by atoms with Crippen LogP contribution in [-0.2, 0) is 17.9 Å². The van der Waals surface area contributed by atoms with E-state index in [0.717, 1.165) is 43.7 Å². The maximum absolute atomic E-state index is 13.1. The number of nitrogens with zero attached hydrogens (tertiary/aromatic N) is 3. The molecule has 1 saturated carbocycles. The van der Waals surface area contributed by atoms with Crippen molar-refractivity contribution >= 4 is 5.91 Å². The van der Waals surface area contributed by atoms with Crippen LogP contribution in [0.15, 0.2) is 36.5 Å². The fourth-order valence-electron chi connectivity index (χ4n) is 3.97. The van der Waals surface area contributed by atoms with Gasteiger partial charge in [0.1, 0.15) is 12.3 Å². The molecule has 0 spiro atoms. The molecule has 1 amide bonds. The van der Waals surface area contributed by atoms with Gasteiger partial charge in [-0.3, -0.25) is 9.48 Å². The lowest BCUT2D eigenvalue weighted by Crippen LogP contribution is -2.36. The van der Waals surface area contributed by atoms with Crippen molar-refractivity contribution in [2.24, 2.45) is 0 Å². The summed E-state index contributed by atoms with van der Waals surface area (Å²) in [6.07, 6.45) is 6.31. The Morgan fingerprint density at radius 3 is 2.89 bits per heavy atom. The number of hydrogen-bond donors (Lipinski definition) is 1. The average Bonchev–Trinajstić information content (AvgIpc) is 3.45. The number of rotatable bonds is 7. The molecule has 1 N–H and O–H groups in total. The lowest BCUT2D eigenvalue weighted by molar-refractivity contribution is -0.133. The number of amides is 1. The van der Waals surface area contributed by atoms with Gasteiger partial charge >= 0.3 is 0 Å². The average molecular weight is 368 g/mol. The molecule has 1 saturated heterocycles. The second-order valence-corrected chi connectivity index (χ2v) is 7.52. The number of hydrogen-bond acceptors (Lipinski definition) is 4. The van der Waals surface area contributed by atoms with Gasteiger partial charge < -0.3 is 15.0 Å². The highest BCUT2D eigenvalue weighted by Crippen LogP contribution is 2.31. The van der Waals surface area contributed by atoms with Gasteiger partial charge in [-0.25, -0.2) is 0 Å². The number of methoxy groups -OCH3 is 1. The standard InChI is InChI=1S/C21H28N4O2/c1-27-20-7-3-2-5-17(20)14-24(18-8-9-18)21(26)15-25-19(10-12-23-25)16-6-4-11-22-13-16/h2-3,5,7,10,12,16,18,22H,4,6,8-9,11,13-15H2,1H3/t16-/m1/s1. The molecule has 1 aliphatic heterocycles. The van der Waals surface area contributed by atoms with Crippen LogP contribution in [0.2, 0.25) is 0 Å². The van der Waals surface area contributed by atoms with E-state index < -0.39 is 0 Å². The number of piperidine rings is 1. The Kier molecular flexibility index (Phi) is 5.43. The molecule has 6 nitrogen and oxygen atoms in total. The number of ether oxygens (including phenoxy) is 1. The van der Waals surface area contributed by atoms with Crippen molar-refractivity contribution in [2.75, 3.05) is 20.2 Å². The molecule has 1 aromatic carbocycles. The van der Waals surface area contributed by atoms with Gasteiger partial charge in [0.25, 0.3) is 0 Å². The Balaban J connectivity index is 1.48. The van der Waals surface area contributed by atoms with E-state index in [1.165, 1.54) is 12.1 Å². The summed E-state index contributed by atoms with van der Waals surface area (Å²) in [4.78, 5) is 15.1. The lowest BCUT2D eigenvalue weighted by Gasteiger charge is -2.26. The van der Waals surface area contributed by atoms with Gasteiger partial charge in [-0.1, -0.05) is 18.2 Å². The molecule has 1 aliphatic carbocycles. The van der Waals surface area contributed by atoms with Gasteiger partial charge in [-0.15, -0.1) is 0 Å². The van der Waals surface area contributed by atoms with Gasteiger partial charge in [-0.2, -0.15) is 5.10 Å². The predicted octanol–water partition coefficient (Wildman–Crippen LogP) is 2.55. The lowest BCUT2D eigenvalue weighted by atomic mass is 9.96. The first-order valence-corrected chi connectivity index (χ1v) is 9.90. The number of nitrogens with one attached hydrogen (secondary N) is 1. The highest BCUT2D eigenvalue weighted by molar-refractivity contribution is 5.76. The maximum atomic E-state index is 13.1. The monoisotopic (exact) mass is 368 g/mol. The van der Waals surface area contributed by atoms with Crippen LogP contribution in [0.25, 0.3) is 0 Å². The van der Waals surface area contributed by atoms with Crippen molar-refractivity contribution in [3.05, 3.63) is 47.8 Å². The topological polar surface area (TPSA) is 59.4 Å². The van der Waals surface area contributed by atoms with Crippen molar-refractivity contribution in [1.29, 1.82) is 0 Å². The van der Waals surface area contributed by atoms with Gasteiger partial charge in [0, 0.05) is 42.5 Å². The van der Waals surface area contributed by atoms with Crippen LogP contribution in [0.3, 0.4) is 0 Å². The summed E-state index contributed by atoms with van der Waals surface area (Å²) in [6.45, 7) is 2.95. The van der Waals surface area contributed by atoms with E-state index >= 15 is 0 Å². The molecule has 27 heavy (non-hydrogen) atoms. The third-order valence-electron chi connectivity index (χ3n) is 5.59. The SMILES string of the molecule is COc1ccccc1CN(C(=O)Cn1nccc1[C@@H]1CCCNC1)C1CC1. The molecular formula is C21H28N4O2. The summed E-state index contributed by atoms with van der Waals surface area (Å²) in [7, 11) is 1.68. The largest absolute Gasteiger partial charge is 0.496 e. The molecule has 1 aromatic heterocycles. The zero-order chi connectivity index (χ0) is 18.6. The smallest absolute Gasteiger partial charge is 0.244 e.